The molecular formula is C23H29N5O2. The van der Waals surface area contributed by atoms with Gasteiger partial charge in [-0.25, -0.2) is 4.98 Å². The van der Waals surface area contributed by atoms with E-state index in [1.807, 2.05) is 47.1 Å². The summed E-state index contributed by atoms with van der Waals surface area (Å²) in [6, 6.07) is 9.42. The summed E-state index contributed by atoms with van der Waals surface area (Å²) in [5, 5.41) is 7.45. The van der Waals surface area contributed by atoms with Gasteiger partial charge in [-0.05, 0) is 37.8 Å². The molecule has 30 heavy (non-hydrogen) atoms. The highest BCUT2D eigenvalue weighted by atomic mass is 16.2. The van der Waals surface area contributed by atoms with E-state index in [0.29, 0.717) is 44.1 Å². The Morgan fingerprint density at radius 1 is 1.10 bits per heavy atom. The molecule has 7 heteroatoms. The molecule has 0 unspecified atom stereocenters. The van der Waals surface area contributed by atoms with Crippen LogP contribution in [-0.4, -0.2) is 63.0 Å². The molecule has 158 valence electrons. The lowest BCUT2D eigenvalue weighted by atomic mass is 9.80. The first kappa shape index (κ1) is 19.3. The van der Waals surface area contributed by atoms with E-state index in [2.05, 4.69) is 15.2 Å². The van der Waals surface area contributed by atoms with Crippen LogP contribution in [0, 0.1) is 18.8 Å². The Morgan fingerprint density at radius 3 is 2.50 bits per heavy atom. The number of rotatable bonds is 4. The number of aryl methyl sites for hydroxylation is 1. The van der Waals surface area contributed by atoms with Gasteiger partial charge in [0.2, 0.25) is 5.91 Å². The highest BCUT2D eigenvalue weighted by molar-refractivity contribution is 5.94. The maximum Gasteiger partial charge on any atom is 0.253 e. The fraction of sp³-hybridized carbons (Fsp3) is 0.565. The minimum absolute atomic E-state index is 0.0421. The number of nitrogens with zero attached hydrogens (tertiary/aromatic N) is 4. The predicted octanol–water partition coefficient (Wildman–Crippen LogP) is 2.55. The van der Waals surface area contributed by atoms with Crippen molar-refractivity contribution in [3.63, 3.8) is 0 Å². The third-order valence-electron chi connectivity index (χ3n) is 7.25. The second kappa shape index (κ2) is 7.52. The molecule has 2 aromatic rings. The van der Waals surface area contributed by atoms with Crippen molar-refractivity contribution in [1.82, 2.24) is 25.0 Å². The number of carbonyl (C=O) groups excluding carboxylic acids is 2. The Kier molecular flexibility index (Phi) is 4.83. The maximum absolute atomic E-state index is 13.1. The fourth-order valence-corrected chi connectivity index (χ4v) is 5.65. The first-order valence-electron chi connectivity index (χ1n) is 11.1. The molecule has 7 nitrogen and oxygen atoms in total. The Bertz CT molecular complexity index is 936. The topological polar surface area (TPSA) is 82.2 Å². The largest absolute Gasteiger partial charge is 0.341 e. The molecule has 2 saturated heterocycles. The van der Waals surface area contributed by atoms with E-state index in [1.54, 1.807) is 0 Å². The lowest BCUT2D eigenvalue weighted by Gasteiger charge is -2.27. The third-order valence-corrected chi connectivity index (χ3v) is 7.25. The number of carbonyl (C=O) groups is 2. The number of H-pyrrole nitrogens is 1. The van der Waals surface area contributed by atoms with Crippen molar-refractivity contribution < 1.29 is 9.59 Å². The van der Waals surface area contributed by atoms with Gasteiger partial charge in [-0.3, -0.25) is 14.7 Å². The van der Waals surface area contributed by atoms with Gasteiger partial charge in [0.1, 0.15) is 5.82 Å². The maximum atomic E-state index is 13.1. The SMILES string of the molecule is Cc1nc([C@@]23CN(C(=O)CC4CCCC4)C[C@@H]2CN(C(=O)c2ccccc2)C3)n[nH]1. The lowest BCUT2D eigenvalue weighted by molar-refractivity contribution is -0.131. The van der Waals surface area contributed by atoms with Crippen LogP contribution in [0.1, 0.15) is 54.1 Å². The molecule has 2 aliphatic heterocycles. The van der Waals surface area contributed by atoms with Crippen molar-refractivity contribution in [2.75, 3.05) is 26.2 Å². The van der Waals surface area contributed by atoms with Crippen LogP contribution in [0.5, 0.6) is 0 Å². The van der Waals surface area contributed by atoms with Crippen LogP contribution >= 0.6 is 0 Å². The van der Waals surface area contributed by atoms with Crippen LogP contribution < -0.4 is 0 Å². The Hall–Kier alpha value is -2.70. The van der Waals surface area contributed by atoms with Crippen LogP contribution in [0.3, 0.4) is 0 Å². The molecule has 0 radical (unpaired) electrons. The van der Waals surface area contributed by atoms with Crippen LogP contribution in [0.4, 0.5) is 0 Å². The molecule has 1 aliphatic carbocycles. The quantitative estimate of drug-likeness (QED) is 0.844. The van der Waals surface area contributed by atoms with E-state index in [9.17, 15) is 9.59 Å². The van der Waals surface area contributed by atoms with Crippen molar-refractivity contribution in [3.8, 4) is 0 Å². The van der Waals surface area contributed by atoms with Gasteiger partial charge < -0.3 is 9.80 Å². The van der Waals surface area contributed by atoms with Crippen molar-refractivity contribution in [2.24, 2.45) is 11.8 Å². The van der Waals surface area contributed by atoms with E-state index in [4.69, 9.17) is 0 Å². The average molecular weight is 408 g/mol. The number of hydrogen-bond acceptors (Lipinski definition) is 4. The first-order chi connectivity index (χ1) is 14.5. The number of fused-ring (bicyclic) bond motifs is 1. The van der Waals surface area contributed by atoms with Crippen molar-refractivity contribution in [3.05, 3.63) is 47.5 Å². The summed E-state index contributed by atoms with van der Waals surface area (Å²) < 4.78 is 0. The van der Waals surface area contributed by atoms with E-state index in [0.717, 1.165) is 11.6 Å². The minimum Gasteiger partial charge on any atom is -0.341 e. The van der Waals surface area contributed by atoms with E-state index in [-0.39, 0.29) is 23.1 Å². The Balaban J connectivity index is 1.38. The zero-order valence-corrected chi connectivity index (χ0v) is 17.5. The smallest absolute Gasteiger partial charge is 0.253 e. The molecule has 2 amide bonds. The van der Waals surface area contributed by atoms with Gasteiger partial charge in [-0.2, -0.15) is 5.10 Å². The molecule has 2 atom stereocenters. The zero-order chi connectivity index (χ0) is 20.7. The highest BCUT2D eigenvalue weighted by Gasteiger charge is 2.57. The second-order valence-electron chi connectivity index (χ2n) is 9.28. The van der Waals surface area contributed by atoms with Crippen LogP contribution in [0.15, 0.2) is 30.3 Å². The summed E-state index contributed by atoms with van der Waals surface area (Å²) in [5.74, 6) is 2.50. The van der Waals surface area contributed by atoms with Gasteiger partial charge in [0.25, 0.3) is 5.91 Å². The summed E-state index contributed by atoms with van der Waals surface area (Å²) >= 11 is 0. The molecule has 3 aliphatic rings. The number of benzene rings is 1. The monoisotopic (exact) mass is 407 g/mol. The number of hydrogen-bond donors (Lipinski definition) is 1. The summed E-state index contributed by atoms with van der Waals surface area (Å²) in [4.78, 5) is 34.7. The molecule has 0 spiro atoms. The number of aromatic nitrogens is 3. The fourth-order valence-electron chi connectivity index (χ4n) is 5.65. The average Bonchev–Trinajstić information content (AvgIpc) is 3.51. The van der Waals surface area contributed by atoms with E-state index in [1.165, 1.54) is 25.7 Å². The molecule has 1 N–H and O–H groups in total. The van der Waals surface area contributed by atoms with Crippen molar-refractivity contribution in [1.29, 1.82) is 0 Å². The normalized spacial score (nSPS) is 26.4. The zero-order valence-electron chi connectivity index (χ0n) is 17.5. The van der Waals surface area contributed by atoms with Gasteiger partial charge in [-0.15, -0.1) is 0 Å². The number of amides is 2. The van der Waals surface area contributed by atoms with Gasteiger partial charge >= 0.3 is 0 Å². The number of likely N-dealkylation sites (tertiary alicyclic amines) is 2. The summed E-state index contributed by atoms with van der Waals surface area (Å²) in [7, 11) is 0. The number of nitrogens with one attached hydrogen (secondary N) is 1. The Labute approximate surface area is 176 Å². The molecule has 1 saturated carbocycles. The van der Waals surface area contributed by atoms with Crippen LogP contribution in [-0.2, 0) is 10.2 Å². The summed E-state index contributed by atoms with van der Waals surface area (Å²) in [5.41, 5.74) is 0.313. The molecule has 3 fully saturated rings. The molecule has 0 bridgehead atoms. The summed E-state index contributed by atoms with van der Waals surface area (Å²) in [6.07, 6.45) is 5.50. The predicted molar refractivity (Wildman–Crippen MR) is 112 cm³/mol. The summed E-state index contributed by atoms with van der Waals surface area (Å²) in [6.45, 7) is 4.35. The molecule has 1 aromatic heterocycles. The van der Waals surface area contributed by atoms with Gasteiger partial charge in [0, 0.05) is 44.1 Å². The van der Waals surface area contributed by atoms with Gasteiger partial charge in [0.15, 0.2) is 5.82 Å². The molecular weight excluding hydrogens is 378 g/mol. The van der Waals surface area contributed by atoms with E-state index < -0.39 is 0 Å². The number of aromatic amines is 1. The van der Waals surface area contributed by atoms with Gasteiger partial charge in [0.05, 0.1) is 5.41 Å². The minimum atomic E-state index is -0.388. The highest BCUT2D eigenvalue weighted by Crippen LogP contribution is 2.44. The van der Waals surface area contributed by atoms with Crippen molar-refractivity contribution >= 4 is 11.8 Å². The van der Waals surface area contributed by atoms with Crippen LogP contribution in [0.2, 0.25) is 0 Å². The molecule has 5 rings (SSSR count). The third kappa shape index (κ3) is 3.30. The van der Waals surface area contributed by atoms with Crippen molar-refractivity contribution in [2.45, 2.75) is 44.4 Å². The standard InChI is InChI=1S/C23H29N5O2/c1-16-24-22(26-25-16)23-14-27(20(29)11-17-7-5-6-8-17)12-19(23)13-28(15-23)21(30)18-9-3-2-4-10-18/h2-4,9-10,17,19H,5-8,11-15H2,1H3,(H,24,25,26)/t19-,23-/m1/s1. The van der Waals surface area contributed by atoms with E-state index >= 15 is 0 Å². The van der Waals surface area contributed by atoms with Crippen LogP contribution in [0.25, 0.3) is 0 Å². The second-order valence-corrected chi connectivity index (χ2v) is 9.28. The Morgan fingerprint density at radius 2 is 1.80 bits per heavy atom. The first-order valence-corrected chi connectivity index (χ1v) is 11.1. The van der Waals surface area contributed by atoms with Gasteiger partial charge in [-0.1, -0.05) is 31.0 Å². The molecule has 3 heterocycles. The lowest BCUT2D eigenvalue weighted by Crippen LogP contribution is -2.42. The molecule has 1 aromatic carbocycles.